The van der Waals surface area contributed by atoms with Gasteiger partial charge in [-0.1, -0.05) is 36.4 Å². The summed E-state index contributed by atoms with van der Waals surface area (Å²) in [7, 11) is 1.58. The van der Waals surface area contributed by atoms with Crippen LogP contribution >= 0.6 is 15.9 Å². The average molecular weight is 475 g/mol. The van der Waals surface area contributed by atoms with Gasteiger partial charge in [-0.15, -0.1) is 0 Å². The number of rotatable bonds is 4. The van der Waals surface area contributed by atoms with Gasteiger partial charge in [-0.3, -0.25) is 0 Å². The lowest BCUT2D eigenvalue weighted by atomic mass is 9.82. The van der Waals surface area contributed by atoms with E-state index < -0.39 is 0 Å². The van der Waals surface area contributed by atoms with Crippen molar-refractivity contribution in [1.29, 1.82) is 0 Å². The summed E-state index contributed by atoms with van der Waals surface area (Å²) >= 11 is 3.52. The Kier molecular flexibility index (Phi) is 4.78. The zero-order valence-corrected chi connectivity index (χ0v) is 19.2. The van der Waals surface area contributed by atoms with Crippen LogP contribution in [0.2, 0.25) is 0 Å². The number of ether oxygens (including phenoxy) is 1. The van der Waals surface area contributed by atoms with Crippen LogP contribution in [0.4, 0.5) is 0 Å². The predicted octanol–water partition coefficient (Wildman–Crippen LogP) is 6.92. The van der Waals surface area contributed by atoms with Crippen LogP contribution in [0.1, 0.15) is 34.0 Å². The third-order valence-corrected chi connectivity index (χ3v) is 6.67. The number of para-hydroxylation sites is 2. The Labute approximate surface area is 189 Å². The molecule has 0 saturated heterocycles. The molecule has 0 atom stereocenters. The molecule has 3 N–H and O–H groups in total. The van der Waals surface area contributed by atoms with Crippen molar-refractivity contribution in [1.82, 2.24) is 9.97 Å². The van der Waals surface area contributed by atoms with Crippen LogP contribution in [0, 0.1) is 13.8 Å². The number of aromatic amines is 2. The maximum atomic E-state index is 10.4. The summed E-state index contributed by atoms with van der Waals surface area (Å²) in [5, 5.41) is 12.8. The van der Waals surface area contributed by atoms with E-state index in [1.165, 1.54) is 21.9 Å². The highest BCUT2D eigenvalue weighted by Gasteiger charge is 2.28. The summed E-state index contributed by atoms with van der Waals surface area (Å²) in [6, 6.07) is 20.7. The van der Waals surface area contributed by atoms with Gasteiger partial charge < -0.3 is 19.8 Å². The van der Waals surface area contributed by atoms with E-state index in [0.717, 1.165) is 28.0 Å². The summed E-state index contributed by atoms with van der Waals surface area (Å²) in [5.74, 6) is 0.499. The van der Waals surface area contributed by atoms with E-state index in [1.807, 2.05) is 24.3 Å². The molecule has 0 unspecified atom stereocenters. The lowest BCUT2D eigenvalue weighted by molar-refractivity contribution is 0.371. The summed E-state index contributed by atoms with van der Waals surface area (Å²) in [4.78, 5) is 7.12. The van der Waals surface area contributed by atoms with Gasteiger partial charge in [-0.25, -0.2) is 0 Å². The molecule has 0 radical (unpaired) electrons. The molecule has 2 aromatic heterocycles. The number of hydrogen-bond acceptors (Lipinski definition) is 2. The number of H-pyrrole nitrogens is 2. The minimum atomic E-state index is -0.0573. The molecule has 5 aromatic rings. The molecule has 3 aromatic carbocycles. The molecule has 0 aliphatic rings. The monoisotopic (exact) mass is 474 g/mol. The molecule has 0 saturated carbocycles. The number of phenolic OH excluding ortho intramolecular Hbond substituents is 1. The van der Waals surface area contributed by atoms with E-state index in [2.05, 4.69) is 76.1 Å². The quantitative estimate of drug-likeness (QED) is 0.264. The molecule has 156 valence electrons. The van der Waals surface area contributed by atoms with Crippen molar-refractivity contribution in [2.45, 2.75) is 19.8 Å². The van der Waals surface area contributed by atoms with E-state index in [0.29, 0.717) is 10.2 Å². The van der Waals surface area contributed by atoms with Gasteiger partial charge in [0.05, 0.1) is 11.6 Å². The minimum Gasteiger partial charge on any atom is -0.503 e. The van der Waals surface area contributed by atoms with Crippen LogP contribution in [-0.2, 0) is 0 Å². The van der Waals surface area contributed by atoms with Crippen molar-refractivity contribution in [3.05, 3.63) is 93.2 Å². The molecule has 5 rings (SSSR count). The van der Waals surface area contributed by atoms with Crippen molar-refractivity contribution >= 4 is 37.7 Å². The highest BCUT2D eigenvalue weighted by molar-refractivity contribution is 9.10. The van der Waals surface area contributed by atoms with Crippen molar-refractivity contribution in [2.75, 3.05) is 7.11 Å². The first-order valence-corrected chi connectivity index (χ1v) is 11.0. The van der Waals surface area contributed by atoms with Crippen LogP contribution in [0.3, 0.4) is 0 Å². The summed E-state index contributed by atoms with van der Waals surface area (Å²) in [6.45, 7) is 4.25. The Balaban J connectivity index is 1.89. The van der Waals surface area contributed by atoms with Gasteiger partial charge in [0.1, 0.15) is 0 Å². The van der Waals surface area contributed by atoms with Gasteiger partial charge in [-0.05, 0) is 70.7 Å². The standard InChI is InChI=1S/C26H23BrN2O2/c1-14-23(17-8-4-6-10-20(17)28-14)25(16-12-19(27)26(30)22(13-16)31-3)24-15(2)29-21-11-7-5-9-18(21)24/h4-13,25,28-30H,1-3H3. The minimum absolute atomic E-state index is 0.0573. The zero-order chi connectivity index (χ0) is 21.7. The van der Waals surface area contributed by atoms with Crippen molar-refractivity contribution in [3.8, 4) is 11.5 Å². The maximum Gasteiger partial charge on any atom is 0.172 e. The number of aromatic hydroxyl groups is 1. The second-order valence-electron chi connectivity index (χ2n) is 7.91. The van der Waals surface area contributed by atoms with Crippen molar-refractivity contribution in [2.24, 2.45) is 0 Å². The molecular formula is C26H23BrN2O2. The lowest BCUT2D eigenvalue weighted by Crippen LogP contribution is -2.06. The third-order valence-electron chi connectivity index (χ3n) is 6.07. The number of aromatic nitrogens is 2. The number of halogens is 1. The van der Waals surface area contributed by atoms with E-state index in [9.17, 15) is 5.11 Å². The largest absolute Gasteiger partial charge is 0.503 e. The van der Waals surface area contributed by atoms with Crippen LogP contribution in [0.15, 0.2) is 65.1 Å². The molecule has 0 amide bonds. The Morgan fingerprint density at radius 1 is 0.839 bits per heavy atom. The molecule has 0 bridgehead atoms. The number of hydrogen-bond donors (Lipinski definition) is 3. The molecule has 0 spiro atoms. The molecule has 4 nitrogen and oxygen atoms in total. The van der Waals surface area contributed by atoms with Gasteiger partial charge in [-0.2, -0.15) is 0 Å². The Hall–Kier alpha value is -3.18. The molecule has 0 fully saturated rings. The summed E-state index contributed by atoms with van der Waals surface area (Å²) < 4.78 is 6.10. The van der Waals surface area contributed by atoms with Crippen LogP contribution in [0.25, 0.3) is 21.8 Å². The van der Waals surface area contributed by atoms with Crippen LogP contribution in [0.5, 0.6) is 11.5 Å². The van der Waals surface area contributed by atoms with Crippen LogP contribution < -0.4 is 4.74 Å². The fraction of sp³-hybridized carbons (Fsp3) is 0.154. The molecule has 2 heterocycles. The smallest absolute Gasteiger partial charge is 0.172 e. The molecular weight excluding hydrogens is 452 g/mol. The summed E-state index contributed by atoms with van der Waals surface area (Å²) in [5.41, 5.74) is 7.97. The maximum absolute atomic E-state index is 10.4. The first-order valence-electron chi connectivity index (χ1n) is 10.2. The Morgan fingerprint density at radius 2 is 1.35 bits per heavy atom. The second-order valence-corrected chi connectivity index (χ2v) is 8.76. The second kappa shape index (κ2) is 7.50. The normalized spacial score (nSPS) is 11.6. The Bertz CT molecular complexity index is 1350. The van der Waals surface area contributed by atoms with E-state index >= 15 is 0 Å². The number of phenols is 1. The number of benzene rings is 3. The van der Waals surface area contributed by atoms with Gasteiger partial charge in [0.2, 0.25) is 0 Å². The Morgan fingerprint density at radius 3 is 1.87 bits per heavy atom. The summed E-state index contributed by atoms with van der Waals surface area (Å²) in [6.07, 6.45) is 0. The first-order chi connectivity index (χ1) is 15.0. The number of nitrogens with one attached hydrogen (secondary N) is 2. The highest BCUT2D eigenvalue weighted by atomic mass is 79.9. The average Bonchev–Trinajstić information content (AvgIpc) is 3.27. The first kappa shape index (κ1) is 19.8. The number of aryl methyl sites for hydroxylation is 2. The van der Waals surface area contributed by atoms with Gasteiger partial charge in [0.15, 0.2) is 11.5 Å². The van der Waals surface area contributed by atoms with E-state index in [4.69, 9.17) is 4.74 Å². The fourth-order valence-electron chi connectivity index (χ4n) is 4.73. The predicted molar refractivity (Wildman–Crippen MR) is 129 cm³/mol. The van der Waals surface area contributed by atoms with Gasteiger partial charge in [0, 0.05) is 39.1 Å². The SMILES string of the molecule is COc1cc(C(c2c(C)[nH]c3ccccc23)c2c(C)[nH]c3ccccc23)cc(Br)c1O. The van der Waals surface area contributed by atoms with Crippen molar-refractivity contribution in [3.63, 3.8) is 0 Å². The van der Waals surface area contributed by atoms with E-state index in [-0.39, 0.29) is 11.7 Å². The molecule has 31 heavy (non-hydrogen) atoms. The van der Waals surface area contributed by atoms with Gasteiger partial charge >= 0.3 is 0 Å². The third kappa shape index (κ3) is 3.12. The molecule has 0 aliphatic heterocycles. The van der Waals surface area contributed by atoms with E-state index in [1.54, 1.807) is 7.11 Å². The number of fused-ring (bicyclic) bond motifs is 2. The van der Waals surface area contributed by atoms with Crippen LogP contribution in [-0.4, -0.2) is 22.2 Å². The topological polar surface area (TPSA) is 61.0 Å². The molecule has 0 aliphatic carbocycles. The highest BCUT2D eigenvalue weighted by Crippen LogP contribution is 2.46. The van der Waals surface area contributed by atoms with Crippen molar-refractivity contribution < 1.29 is 9.84 Å². The molecule has 5 heteroatoms. The zero-order valence-electron chi connectivity index (χ0n) is 17.6. The van der Waals surface area contributed by atoms with Gasteiger partial charge in [0.25, 0.3) is 0 Å². The lowest BCUT2D eigenvalue weighted by Gasteiger charge is -2.21. The fourth-order valence-corrected chi connectivity index (χ4v) is 5.19. The number of methoxy groups -OCH3 is 1.